The van der Waals surface area contributed by atoms with Gasteiger partial charge >= 0.3 is 29.6 Å². The maximum absolute atomic E-state index is 11.7. The molecule has 0 aliphatic carbocycles. The molecule has 0 bridgehead atoms. The molecular weight excluding hydrogens is 401 g/mol. The van der Waals surface area contributed by atoms with Gasteiger partial charge in [0.1, 0.15) is 11.5 Å². The van der Waals surface area contributed by atoms with Crippen molar-refractivity contribution in [3.05, 3.63) is 0 Å². The second-order valence-corrected chi connectivity index (χ2v) is 9.88. The van der Waals surface area contributed by atoms with Crippen LogP contribution in [-0.4, -0.2) is 42.1 Å². The molecule has 178 valence electrons. The molecule has 0 aromatic carbocycles. The van der Waals surface area contributed by atoms with Crippen LogP contribution >= 0.6 is 0 Å². The van der Waals surface area contributed by atoms with Gasteiger partial charge in [0, 0.05) is 12.4 Å². The fraction of sp³-hybridized carbons (Fsp3) is 0.920. The van der Waals surface area contributed by atoms with Gasteiger partial charge in [0.15, 0.2) is 0 Å². The SMILES string of the molecule is CCCCCCCCCCCCCCCCC(C)[N+](C)(C)C(C)(CC(=O)[O-])C(=O)[O-].[Na+]. The maximum atomic E-state index is 11.7. The Kier molecular flexibility index (Phi) is 19.6. The number of hydrogen-bond donors (Lipinski definition) is 0. The van der Waals surface area contributed by atoms with Gasteiger partial charge in [0.2, 0.25) is 0 Å². The summed E-state index contributed by atoms with van der Waals surface area (Å²) in [5.41, 5.74) is -1.49. The van der Waals surface area contributed by atoms with E-state index in [1.54, 1.807) is 14.1 Å². The topological polar surface area (TPSA) is 80.3 Å². The number of likely N-dealkylation sites (N-methyl/N-ethyl adjacent to an activating group) is 1. The molecule has 31 heavy (non-hydrogen) atoms. The zero-order valence-corrected chi connectivity index (χ0v) is 23.5. The third-order valence-electron chi connectivity index (χ3n) is 7.28. The zero-order chi connectivity index (χ0) is 23.0. The van der Waals surface area contributed by atoms with Gasteiger partial charge in [-0.05, 0) is 26.7 Å². The van der Waals surface area contributed by atoms with E-state index in [1.165, 1.54) is 84.0 Å². The molecule has 0 spiro atoms. The van der Waals surface area contributed by atoms with Gasteiger partial charge in [-0.15, -0.1) is 0 Å². The molecule has 0 N–H and O–H groups in total. The number of nitrogens with zero attached hydrogens (tertiary/aromatic N) is 1. The van der Waals surface area contributed by atoms with Gasteiger partial charge in [0.05, 0.1) is 20.1 Å². The summed E-state index contributed by atoms with van der Waals surface area (Å²) >= 11 is 0. The fourth-order valence-electron chi connectivity index (χ4n) is 4.24. The van der Waals surface area contributed by atoms with E-state index in [0.717, 1.165) is 19.3 Å². The van der Waals surface area contributed by atoms with Crippen molar-refractivity contribution in [3.63, 3.8) is 0 Å². The van der Waals surface area contributed by atoms with E-state index in [2.05, 4.69) is 6.92 Å². The van der Waals surface area contributed by atoms with Gasteiger partial charge < -0.3 is 24.3 Å². The fourth-order valence-corrected chi connectivity index (χ4v) is 4.24. The Morgan fingerprint density at radius 3 is 1.45 bits per heavy atom. The Bertz CT molecular complexity index is 484. The normalized spacial score (nSPS) is 14.5. The van der Waals surface area contributed by atoms with Crippen LogP contribution in [0.4, 0.5) is 0 Å². The number of unbranched alkanes of at least 4 members (excludes halogenated alkanes) is 13. The van der Waals surface area contributed by atoms with Crippen LogP contribution in [0.5, 0.6) is 0 Å². The zero-order valence-electron chi connectivity index (χ0n) is 21.5. The molecule has 6 heteroatoms. The number of quaternary nitrogens is 1. The van der Waals surface area contributed by atoms with Gasteiger partial charge in [0.25, 0.3) is 0 Å². The molecule has 0 amide bonds. The van der Waals surface area contributed by atoms with Crippen molar-refractivity contribution in [3.8, 4) is 0 Å². The number of carbonyl (C=O) groups excluding carboxylic acids is 2. The largest absolute Gasteiger partial charge is 1.00 e. The minimum atomic E-state index is -1.49. The molecule has 0 saturated carbocycles. The Hall–Kier alpha value is -0.100. The first-order chi connectivity index (χ1) is 14.1. The molecule has 5 nitrogen and oxygen atoms in total. The molecular formula is C25H48NNaO4. The second-order valence-electron chi connectivity index (χ2n) is 9.88. The minimum Gasteiger partial charge on any atom is -0.550 e. The predicted octanol–water partition coefficient (Wildman–Crippen LogP) is 0.975. The summed E-state index contributed by atoms with van der Waals surface area (Å²) < 4.78 is 0.0851. The summed E-state index contributed by atoms with van der Waals surface area (Å²) in [5, 5.41) is 22.8. The van der Waals surface area contributed by atoms with Crippen LogP contribution in [0, 0.1) is 0 Å². The maximum Gasteiger partial charge on any atom is 1.00 e. The van der Waals surface area contributed by atoms with E-state index < -0.39 is 23.9 Å². The van der Waals surface area contributed by atoms with Crippen LogP contribution in [0.1, 0.15) is 124 Å². The van der Waals surface area contributed by atoms with Crippen molar-refractivity contribution in [2.75, 3.05) is 14.1 Å². The van der Waals surface area contributed by atoms with Crippen molar-refractivity contribution in [1.82, 2.24) is 0 Å². The molecule has 0 aromatic rings. The number of carboxylic acid groups (broad SMARTS) is 2. The van der Waals surface area contributed by atoms with Gasteiger partial charge in [-0.1, -0.05) is 90.4 Å². The van der Waals surface area contributed by atoms with Crippen LogP contribution in [0.25, 0.3) is 0 Å². The summed E-state index contributed by atoms with van der Waals surface area (Å²) in [5.74, 6) is -2.68. The molecule has 0 heterocycles. The molecule has 0 saturated heterocycles. The summed E-state index contributed by atoms with van der Waals surface area (Å²) in [7, 11) is 3.57. The predicted molar refractivity (Wildman–Crippen MR) is 120 cm³/mol. The number of carbonyl (C=O) groups is 2. The first-order valence-electron chi connectivity index (χ1n) is 12.3. The Labute approximate surface area is 214 Å². The second kappa shape index (κ2) is 18.3. The molecule has 2 atom stereocenters. The van der Waals surface area contributed by atoms with Crippen molar-refractivity contribution in [1.29, 1.82) is 0 Å². The van der Waals surface area contributed by atoms with Gasteiger partial charge in [-0.2, -0.15) is 0 Å². The van der Waals surface area contributed by atoms with E-state index in [9.17, 15) is 19.8 Å². The van der Waals surface area contributed by atoms with E-state index >= 15 is 0 Å². The van der Waals surface area contributed by atoms with Crippen molar-refractivity contribution in [2.45, 2.75) is 135 Å². The molecule has 0 aromatic heterocycles. The van der Waals surface area contributed by atoms with Crippen molar-refractivity contribution >= 4 is 11.9 Å². The first-order valence-corrected chi connectivity index (χ1v) is 12.3. The van der Waals surface area contributed by atoms with Gasteiger partial charge in [-0.3, -0.25) is 0 Å². The average Bonchev–Trinajstić information content (AvgIpc) is 2.67. The molecule has 0 aliphatic heterocycles. The Morgan fingerprint density at radius 1 is 0.774 bits per heavy atom. The molecule has 0 aliphatic rings. The smallest absolute Gasteiger partial charge is 0.550 e. The third kappa shape index (κ3) is 13.3. The van der Waals surface area contributed by atoms with E-state index in [-0.39, 0.29) is 40.1 Å². The van der Waals surface area contributed by atoms with Crippen molar-refractivity contribution < 1.29 is 53.8 Å². The minimum absolute atomic E-state index is 0. The van der Waals surface area contributed by atoms with Crippen LogP contribution in [0.2, 0.25) is 0 Å². The van der Waals surface area contributed by atoms with E-state index in [1.807, 2.05) is 6.92 Å². The first kappa shape index (κ1) is 33.1. The van der Waals surface area contributed by atoms with Crippen molar-refractivity contribution in [2.24, 2.45) is 0 Å². The molecule has 0 rings (SSSR count). The standard InChI is InChI=1S/C25H49NO4.Na/c1-6-7-8-9-10-11-12-13-14-15-16-17-18-19-20-22(2)26(4,5)25(3,24(29)30)21-23(27)28;/h22H,6-21H2,1-5H3,(H-,27,28,29,30);/q;+1/p-1. The van der Waals surface area contributed by atoms with Gasteiger partial charge in [-0.25, -0.2) is 0 Å². The average molecular weight is 450 g/mol. The van der Waals surface area contributed by atoms with Crippen LogP contribution in [0.3, 0.4) is 0 Å². The van der Waals surface area contributed by atoms with Crippen LogP contribution in [-0.2, 0) is 9.59 Å². The van der Waals surface area contributed by atoms with E-state index in [0.29, 0.717) is 0 Å². The third-order valence-corrected chi connectivity index (χ3v) is 7.28. The number of hydrogen-bond acceptors (Lipinski definition) is 4. The summed E-state index contributed by atoms with van der Waals surface area (Å²) in [6.45, 7) is 5.71. The summed E-state index contributed by atoms with van der Waals surface area (Å²) in [4.78, 5) is 22.8. The Balaban J connectivity index is 0. The number of carboxylic acids is 2. The monoisotopic (exact) mass is 449 g/mol. The Morgan fingerprint density at radius 2 is 1.13 bits per heavy atom. The number of rotatable bonds is 20. The molecule has 0 radical (unpaired) electrons. The van der Waals surface area contributed by atoms with Crippen LogP contribution in [0.15, 0.2) is 0 Å². The quantitative estimate of drug-likeness (QED) is 0.158. The molecule has 0 fully saturated rings. The number of aliphatic carboxylic acids is 2. The van der Waals surface area contributed by atoms with E-state index in [4.69, 9.17) is 0 Å². The summed E-state index contributed by atoms with van der Waals surface area (Å²) in [6, 6.07) is 0.0320. The van der Waals surface area contributed by atoms with Crippen LogP contribution < -0.4 is 39.8 Å². The summed E-state index contributed by atoms with van der Waals surface area (Å²) in [6.07, 6.45) is 18.7. The molecule has 2 unspecified atom stereocenters.